The molecule has 182 valence electrons. The fraction of sp³-hybridized carbons (Fsp3) is 0.593. The van der Waals surface area contributed by atoms with Crippen LogP contribution in [0.5, 0.6) is 5.75 Å². The molecule has 3 heterocycles. The first kappa shape index (κ1) is 23.1. The highest BCUT2D eigenvalue weighted by Crippen LogP contribution is 2.49. The third-order valence-electron chi connectivity index (χ3n) is 7.57. The second-order valence-electron chi connectivity index (χ2n) is 10.00. The first-order valence-electron chi connectivity index (χ1n) is 12.8. The van der Waals surface area contributed by atoms with Gasteiger partial charge in [-0.1, -0.05) is 12.1 Å². The number of carbonyl (C=O) groups excluding carboxylic acids is 1. The molecule has 1 aromatic heterocycles. The largest absolute Gasteiger partial charge is 0.494 e. The molecule has 0 N–H and O–H groups in total. The van der Waals surface area contributed by atoms with Crippen LogP contribution >= 0.6 is 0 Å². The summed E-state index contributed by atoms with van der Waals surface area (Å²) in [7, 11) is 0. The number of hydrogen-bond donors (Lipinski definition) is 0. The Morgan fingerprint density at radius 2 is 1.76 bits per heavy atom. The molecule has 2 atom stereocenters. The van der Waals surface area contributed by atoms with Gasteiger partial charge in [0.25, 0.3) is 0 Å². The molecule has 1 aromatic carbocycles. The van der Waals surface area contributed by atoms with Crippen LogP contribution in [0.3, 0.4) is 0 Å². The van der Waals surface area contributed by atoms with Crippen LogP contribution in [0.4, 0.5) is 5.95 Å². The van der Waals surface area contributed by atoms with Crippen molar-refractivity contribution in [3.05, 3.63) is 47.8 Å². The van der Waals surface area contributed by atoms with E-state index >= 15 is 0 Å². The molecule has 1 saturated carbocycles. The standard InChI is InChI=1S/C27H36N4O3/c1-20-18-28-27(29-19-20)31-9-6-22(7-10-31)25-17-23(25)8-13-34-24-4-2-21(3-5-24)16-26(32)30-11-14-33-15-12-30/h2-5,18-19,22-23,25H,6-17H2,1H3/t23-,25-/m1/s1. The number of anilines is 1. The van der Waals surface area contributed by atoms with Gasteiger partial charge in [0, 0.05) is 38.6 Å². The molecule has 0 radical (unpaired) electrons. The van der Waals surface area contributed by atoms with Crippen LogP contribution in [0, 0.1) is 24.7 Å². The van der Waals surface area contributed by atoms with Crippen molar-refractivity contribution in [3.63, 3.8) is 0 Å². The maximum Gasteiger partial charge on any atom is 0.227 e. The van der Waals surface area contributed by atoms with Gasteiger partial charge in [-0.05, 0) is 73.6 Å². The molecule has 34 heavy (non-hydrogen) atoms. The fourth-order valence-corrected chi connectivity index (χ4v) is 5.39. The van der Waals surface area contributed by atoms with Crippen molar-refractivity contribution < 1.29 is 14.3 Å². The summed E-state index contributed by atoms with van der Waals surface area (Å²) in [5.41, 5.74) is 2.14. The molecule has 1 amide bonds. The van der Waals surface area contributed by atoms with E-state index < -0.39 is 0 Å². The van der Waals surface area contributed by atoms with E-state index in [9.17, 15) is 4.79 Å². The molecule has 0 bridgehead atoms. The molecule has 1 aliphatic carbocycles. The van der Waals surface area contributed by atoms with Crippen molar-refractivity contribution in [2.24, 2.45) is 17.8 Å². The minimum Gasteiger partial charge on any atom is -0.494 e. The Bertz CT molecular complexity index is 935. The van der Waals surface area contributed by atoms with Gasteiger partial charge in [0.15, 0.2) is 0 Å². The van der Waals surface area contributed by atoms with Crippen molar-refractivity contribution in [1.29, 1.82) is 0 Å². The predicted molar refractivity (Wildman–Crippen MR) is 131 cm³/mol. The normalized spacial score (nSPS) is 23.1. The predicted octanol–water partition coefficient (Wildman–Crippen LogP) is 3.51. The lowest BCUT2D eigenvalue weighted by Gasteiger charge is -2.32. The molecule has 2 aromatic rings. The van der Waals surface area contributed by atoms with Crippen molar-refractivity contribution in [3.8, 4) is 5.75 Å². The minimum atomic E-state index is 0.175. The topological polar surface area (TPSA) is 67.8 Å². The van der Waals surface area contributed by atoms with E-state index in [0.29, 0.717) is 32.7 Å². The molecule has 2 saturated heterocycles. The highest BCUT2D eigenvalue weighted by Gasteiger charge is 2.43. The second-order valence-corrected chi connectivity index (χ2v) is 10.00. The van der Waals surface area contributed by atoms with Gasteiger partial charge in [-0.25, -0.2) is 9.97 Å². The average molecular weight is 465 g/mol. The summed E-state index contributed by atoms with van der Waals surface area (Å²) in [6.45, 7) is 7.59. The lowest BCUT2D eigenvalue weighted by atomic mass is 9.90. The number of piperidine rings is 1. The number of rotatable bonds is 8. The van der Waals surface area contributed by atoms with Crippen molar-refractivity contribution in [2.45, 2.75) is 39.0 Å². The molecule has 2 aliphatic heterocycles. The van der Waals surface area contributed by atoms with E-state index in [0.717, 1.165) is 66.7 Å². The fourth-order valence-electron chi connectivity index (χ4n) is 5.39. The van der Waals surface area contributed by atoms with Gasteiger partial charge in [0.05, 0.1) is 26.2 Å². The Morgan fingerprint density at radius 3 is 2.47 bits per heavy atom. The quantitative estimate of drug-likeness (QED) is 0.596. The molecule has 0 spiro atoms. The van der Waals surface area contributed by atoms with Gasteiger partial charge < -0.3 is 19.3 Å². The van der Waals surface area contributed by atoms with Crippen molar-refractivity contribution >= 4 is 11.9 Å². The van der Waals surface area contributed by atoms with Gasteiger partial charge in [-0.15, -0.1) is 0 Å². The van der Waals surface area contributed by atoms with Crippen LogP contribution in [0.25, 0.3) is 0 Å². The lowest BCUT2D eigenvalue weighted by Crippen LogP contribution is -2.41. The molecular formula is C27H36N4O3. The summed E-state index contributed by atoms with van der Waals surface area (Å²) >= 11 is 0. The number of morpholine rings is 1. The lowest BCUT2D eigenvalue weighted by molar-refractivity contribution is -0.134. The SMILES string of the molecule is Cc1cnc(N2CCC([C@H]3C[C@H]3CCOc3ccc(CC(=O)N4CCOCC4)cc3)CC2)nc1. The molecule has 7 heteroatoms. The highest BCUT2D eigenvalue weighted by atomic mass is 16.5. The zero-order valence-corrected chi connectivity index (χ0v) is 20.2. The summed E-state index contributed by atoms with van der Waals surface area (Å²) in [5.74, 6) is 4.44. The number of amides is 1. The third kappa shape index (κ3) is 5.87. The summed E-state index contributed by atoms with van der Waals surface area (Å²) in [6, 6.07) is 8.02. The van der Waals surface area contributed by atoms with Gasteiger partial charge in [-0.2, -0.15) is 0 Å². The number of aromatic nitrogens is 2. The number of carbonyl (C=O) groups is 1. The van der Waals surface area contributed by atoms with Gasteiger partial charge in [0.1, 0.15) is 5.75 Å². The van der Waals surface area contributed by atoms with E-state index in [1.807, 2.05) is 48.5 Å². The zero-order valence-electron chi connectivity index (χ0n) is 20.2. The van der Waals surface area contributed by atoms with Crippen LogP contribution in [-0.4, -0.2) is 66.8 Å². The smallest absolute Gasteiger partial charge is 0.227 e. The number of ether oxygens (including phenoxy) is 2. The summed E-state index contributed by atoms with van der Waals surface area (Å²) in [4.78, 5) is 25.6. The van der Waals surface area contributed by atoms with Crippen LogP contribution in [0.2, 0.25) is 0 Å². The van der Waals surface area contributed by atoms with E-state index in [4.69, 9.17) is 9.47 Å². The molecular weight excluding hydrogens is 428 g/mol. The average Bonchev–Trinajstić information content (AvgIpc) is 3.66. The molecule has 7 nitrogen and oxygen atoms in total. The van der Waals surface area contributed by atoms with Crippen LogP contribution in [-0.2, 0) is 16.0 Å². The maximum absolute atomic E-state index is 12.4. The number of benzene rings is 1. The highest BCUT2D eigenvalue weighted by molar-refractivity contribution is 5.78. The third-order valence-corrected chi connectivity index (χ3v) is 7.57. The zero-order chi connectivity index (χ0) is 23.3. The minimum absolute atomic E-state index is 0.175. The number of nitrogens with zero attached hydrogens (tertiary/aromatic N) is 4. The summed E-state index contributed by atoms with van der Waals surface area (Å²) < 4.78 is 11.3. The molecule has 3 aliphatic rings. The van der Waals surface area contributed by atoms with E-state index in [1.165, 1.54) is 19.3 Å². The Balaban J connectivity index is 0.992. The summed E-state index contributed by atoms with van der Waals surface area (Å²) in [5, 5.41) is 0. The Morgan fingerprint density at radius 1 is 1.06 bits per heavy atom. The monoisotopic (exact) mass is 464 g/mol. The van der Waals surface area contributed by atoms with Crippen LogP contribution in [0.1, 0.15) is 36.8 Å². The first-order chi connectivity index (χ1) is 16.7. The van der Waals surface area contributed by atoms with Gasteiger partial charge >= 0.3 is 0 Å². The first-order valence-corrected chi connectivity index (χ1v) is 12.8. The Kier molecular flexibility index (Phi) is 7.28. The van der Waals surface area contributed by atoms with Crippen molar-refractivity contribution in [1.82, 2.24) is 14.9 Å². The second kappa shape index (κ2) is 10.7. The van der Waals surface area contributed by atoms with Crippen molar-refractivity contribution in [2.75, 3.05) is 50.9 Å². The number of aryl methyl sites for hydroxylation is 1. The molecule has 3 fully saturated rings. The Hall–Kier alpha value is -2.67. The van der Waals surface area contributed by atoms with Gasteiger partial charge in [-0.3, -0.25) is 4.79 Å². The van der Waals surface area contributed by atoms with Gasteiger partial charge in [0.2, 0.25) is 11.9 Å². The van der Waals surface area contributed by atoms with E-state index in [-0.39, 0.29) is 5.91 Å². The maximum atomic E-state index is 12.4. The molecule has 0 unspecified atom stereocenters. The van der Waals surface area contributed by atoms with E-state index in [1.54, 1.807) is 0 Å². The van der Waals surface area contributed by atoms with Crippen LogP contribution < -0.4 is 9.64 Å². The summed E-state index contributed by atoms with van der Waals surface area (Å²) in [6.07, 6.45) is 9.21. The molecule has 5 rings (SSSR count). The van der Waals surface area contributed by atoms with E-state index in [2.05, 4.69) is 14.9 Å². The Labute approximate surface area is 202 Å². The van der Waals surface area contributed by atoms with Crippen LogP contribution in [0.15, 0.2) is 36.7 Å². The number of hydrogen-bond acceptors (Lipinski definition) is 6.